The average Bonchev–Trinajstić information content (AvgIpc) is 2.76. The Morgan fingerprint density at radius 1 is 0.882 bits per heavy atom. The van der Waals surface area contributed by atoms with Gasteiger partial charge in [0.1, 0.15) is 5.82 Å². The maximum atomic E-state index is 13.8. The summed E-state index contributed by atoms with van der Waals surface area (Å²) in [6.07, 6.45) is 0. The van der Waals surface area contributed by atoms with Crippen LogP contribution in [-0.2, 0) is 4.79 Å². The molecule has 0 spiro atoms. The van der Waals surface area contributed by atoms with Crippen LogP contribution < -0.4 is 21.3 Å². The van der Waals surface area contributed by atoms with Crippen molar-refractivity contribution in [1.29, 1.82) is 0 Å². The van der Waals surface area contributed by atoms with Crippen molar-refractivity contribution in [3.8, 4) is 0 Å². The molecule has 0 radical (unpaired) electrons. The minimum Gasteiger partial charge on any atom is -0.332 e. The fourth-order valence-electron chi connectivity index (χ4n) is 2.95. The molecule has 0 aromatic heterocycles. The second-order valence-electron chi connectivity index (χ2n) is 7.57. The summed E-state index contributed by atoms with van der Waals surface area (Å²) >= 11 is 11.6. The van der Waals surface area contributed by atoms with Crippen LogP contribution in [-0.4, -0.2) is 42.5 Å². The number of rotatable bonds is 7. The maximum Gasteiger partial charge on any atom is 0.258 e. The van der Waals surface area contributed by atoms with Crippen molar-refractivity contribution in [2.24, 2.45) is 0 Å². The average molecular weight is 500 g/mol. The Hall–Kier alpha value is -3.53. The fourth-order valence-corrected chi connectivity index (χ4v) is 3.41. The lowest BCUT2D eigenvalue weighted by Crippen LogP contribution is -2.27. The summed E-state index contributed by atoms with van der Waals surface area (Å²) in [5.41, 5.74) is 2.31. The van der Waals surface area contributed by atoms with Gasteiger partial charge < -0.3 is 26.2 Å². The molecule has 3 aromatic carbocycles. The van der Waals surface area contributed by atoms with Crippen LogP contribution in [0.3, 0.4) is 0 Å². The number of halogens is 2. The molecule has 0 aliphatic rings. The van der Waals surface area contributed by atoms with Gasteiger partial charge in [-0.15, -0.1) is 0 Å². The van der Waals surface area contributed by atoms with Crippen LogP contribution in [0.2, 0.25) is 5.02 Å². The number of hydrogen-bond acceptors (Lipinski definition) is 4. The van der Waals surface area contributed by atoms with Gasteiger partial charge in [-0.3, -0.25) is 9.59 Å². The van der Waals surface area contributed by atoms with E-state index in [4.69, 9.17) is 23.8 Å². The van der Waals surface area contributed by atoms with E-state index in [2.05, 4.69) is 21.3 Å². The first-order valence-corrected chi connectivity index (χ1v) is 11.0. The van der Waals surface area contributed by atoms with Crippen molar-refractivity contribution in [2.45, 2.75) is 0 Å². The molecule has 0 saturated heterocycles. The van der Waals surface area contributed by atoms with Crippen LogP contribution >= 0.6 is 23.8 Å². The second kappa shape index (κ2) is 11.6. The van der Waals surface area contributed by atoms with Gasteiger partial charge in [-0.05, 0) is 80.9 Å². The Labute approximate surface area is 207 Å². The number of anilines is 4. The highest BCUT2D eigenvalue weighted by molar-refractivity contribution is 7.80. The first kappa shape index (κ1) is 25.1. The summed E-state index contributed by atoms with van der Waals surface area (Å²) in [5.74, 6) is -1.29. The van der Waals surface area contributed by atoms with Gasteiger partial charge in [-0.1, -0.05) is 23.7 Å². The number of benzene rings is 3. The van der Waals surface area contributed by atoms with Crippen molar-refractivity contribution in [3.63, 3.8) is 0 Å². The zero-order valence-electron chi connectivity index (χ0n) is 18.5. The summed E-state index contributed by atoms with van der Waals surface area (Å²) in [5, 5.41) is 12.2. The van der Waals surface area contributed by atoms with Gasteiger partial charge in [0.2, 0.25) is 5.91 Å². The van der Waals surface area contributed by atoms with Crippen LogP contribution in [0.4, 0.5) is 27.1 Å². The van der Waals surface area contributed by atoms with Gasteiger partial charge in [-0.25, -0.2) is 4.39 Å². The number of carbonyl (C=O) groups excluding carboxylic acids is 2. The van der Waals surface area contributed by atoms with Crippen molar-refractivity contribution in [2.75, 3.05) is 41.9 Å². The normalized spacial score (nSPS) is 10.5. The molecule has 0 unspecified atom stereocenters. The molecule has 0 saturated carbocycles. The summed E-state index contributed by atoms with van der Waals surface area (Å²) in [7, 11) is 3.61. The summed E-state index contributed by atoms with van der Waals surface area (Å²) in [6.45, 7) is 0.246. The lowest BCUT2D eigenvalue weighted by atomic mass is 10.2. The predicted molar refractivity (Wildman–Crippen MR) is 139 cm³/mol. The van der Waals surface area contributed by atoms with Crippen molar-refractivity contribution < 1.29 is 14.0 Å². The molecule has 0 aliphatic carbocycles. The third kappa shape index (κ3) is 7.24. The Kier molecular flexibility index (Phi) is 8.53. The number of likely N-dealkylation sites (N-methyl/N-ethyl adjacent to an activating group) is 1. The Balaban J connectivity index is 1.55. The van der Waals surface area contributed by atoms with Gasteiger partial charge >= 0.3 is 0 Å². The second-order valence-corrected chi connectivity index (χ2v) is 8.39. The zero-order valence-corrected chi connectivity index (χ0v) is 20.1. The lowest BCUT2D eigenvalue weighted by molar-refractivity contribution is -0.116. The zero-order chi connectivity index (χ0) is 24.7. The molecule has 0 fully saturated rings. The van der Waals surface area contributed by atoms with E-state index in [1.807, 2.05) is 0 Å². The van der Waals surface area contributed by atoms with E-state index in [1.54, 1.807) is 67.5 Å². The molecule has 4 N–H and O–H groups in total. The number of carbonyl (C=O) groups is 2. The van der Waals surface area contributed by atoms with Gasteiger partial charge in [0.15, 0.2) is 5.11 Å². The number of nitrogens with one attached hydrogen (secondary N) is 4. The van der Waals surface area contributed by atoms with Gasteiger partial charge in [0.05, 0.1) is 22.8 Å². The molecule has 0 heterocycles. The van der Waals surface area contributed by atoms with E-state index in [0.29, 0.717) is 32.9 Å². The topological polar surface area (TPSA) is 85.5 Å². The van der Waals surface area contributed by atoms with E-state index < -0.39 is 11.7 Å². The Morgan fingerprint density at radius 2 is 1.47 bits per heavy atom. The van der Waals surface area contributed by atoms with Gasteiger partial charge in [-0.2, -0.15) is 0 Å². The third-order valence-electron chi connectivity index (χ3n) is 4.48. The number of hydrogen-bond donors (Lipinski definition) is 4. The molecule has 2 amide bonds. The fraction of sp³-hybridized carbons (Fsp3) is 0.125. The number of amides is 2. The van der Waals surface area contributed by atoms with E-state index in [1.165, 1.54) is 18.2 Å². The third-order valence-corrected chi connectivity index (χ3v) is 5.00. The van der Waals surface area contributed by atoms with Crippen LogP contribution in [0.25, 0.3) is 0 Å². The molecule has 176 valence electrons. The number of nitrogens with zero attached hydrogens (tertiary/aromatic N) is 1. The predicted octanol–water partition coefficient (Wildman–Crippen LogP) is 5.04. The maximum absolute atomic E-state index is 13.8. The first-order chi connectivity index (χ1) is 16.2. The molecular formula is C24H23ClFN5O2S. The quantitative estimate of drug-likeness (QED) is 0.341. The Morgan fingerprint density at radius 3 is 2.09 bits per heavy atom. The van der Waals surface area contributed by atoms with E-state index >= 15 is 0 Å². The van der Waals surface area contributed by atoms with Gasteiger partial charge in [0.25, 0.3) is 5.91 Å². The molecule has 10 heteroatoms. The van der Waals surface area contributed by atoms with Crippen LogP contribution in [0.15, 0.2) is 66.7 Å². The van der Waals surface area contributed by atoms with Crippen LogP contribution in [0, 0.1) is 5.82 Å². The molecule has 7 nitrogen and oxygen atoms in total. The van der Waals surface area contributed by atoms with E-state index in [-0.39, 0.29) is 18.0 Å². The molecule has 3 rings (SSSR count). The van der Waals surface area contributed by atoms with Crippen molar-refractivity contribution in [1.82, 2.24) is 4.90 Å². The van der Waals surface area contributed by atoms with Crippen molar-refractivity contribution in [3.05, 3.63) is 83.1 Å². The molecule has 0 aliphatic heterocycles. The molecule has 3 aromatic rings. The molecule has 0 bridgehead atoms. The van der Waals surface area contributed by atoms with Crippen molar-refractivity contribution >= 4 is 63.5 Å². The van der Waals surface area contributed by atoms with E-state index in [0.717, 1.165) is 0 Å². The minimum absolute atomic E-state index is 0.0305. The monoisotopic (exact) mass is 499 g/mol. The summed E-state index contributed by atoms with van der Waals surface area (Å²) in [4.78, 5) is 25.9. The molecule has 34 heavy (non-hydrogen) atoms. The van der Waals surface area contributed by atoms with Gasteiger partial charge in [0, 0.05) is 17.1 Å². The largest absolute Gasteiger partial charge is 0.332 e. The SMILES string of the molecule is CN(C)CC(=O)Nc1ccc(NC(=S)Nc2ccc(NC(=O)c3ccccc3F)cc2)cc1Cl. The highest BCUT2D eigenvalue weighted by Gasteiger charge is 2.11. The van der Waals surface area contributed by atoms with E-state index in [9.17, 15) is 14.0 Å². The Bertz CT molecular complexity index is 1200. The van der Waals surface area contributed by atoms with Crippen LogP contribution in [0.1, 0.15) is 10.4 Å². The van der Waals surface area contributed by atoms with Crippen LogP contribution in [0.5, 0.6) is 0 Å². The number of thiocarbonyl (C=S) groups is 1. The molecular weight excluding hydrogens is 477 g/mol. The smallest absolute Gasteiger partial charge is 0.258 e. The minimum atomic E-state index is -0.584. The summed E-state index contributed by atoms with van der Waals surface area (Å²) < 4.78 is 13.8. The standard InChI is InChI=1S/C24H23ClFN5O2S/c1-31(2)14-22(32)30-21-12-11-17(13-19(21)25)29-24(34)28-16-9-7-15(8-10-16)27-23(33)18-5-3-4-6-20(18)26/h3-13H,14H2,1-2H3,(H,27,33)(H,30,32)(H2,28,29,34). The first-order valence-electron chi connectivity index (χ1n) is 10.2. The molecule has 0 atom stereocenters. The summed E-state index contributed by atoms with van der Waals surface area (Å²) in [6, 6.07) is 17.7. The highest BCUT2D eigenvalue weighted by Crippen LogP contribution is 2.26. The highest BCUT2D eigenvalue weighted by atomic mass is 35.5. The lowest BCUT2D eigenvalue weighted by Gasteiger charge is -2.14.